The Labute approximate surface area is 123 Å². The summed E-state index contributed by atoms with van der Waals surface area (Å²) in [5.74, 6) is 0.480. The summed E-state index contributed by atoms with van der Waals surface area (Å²) in [6.07, 6.45) is 0. The van der Waals surface area contributed by atoms with E-state index in [1.54, 1.807) is 0 Å². The summed E-state index contributed by atoms with van der Waals surface area (Å²) in [6, 6.07) is 11.4. The number of amides is 1. The predicted octanol–water partition coefficient (Wildman–Crippen LogP) is 3.00. The third kappa shape index (κ3) is 2.44. The molecule has 4 heteroatoms. The number of aryl methyl sites for hydroxylation is 2. The average Bonchev–Trinajstić information content (AvgIpc) is 2.88. The highest BCUT2D eigenvalue weighted by Crippen LogP contribution is 2.34. The fourth-order valence-corrected chi connectivity index (χ4v) is 2.57. The van der Waals surface area contributed by atoms with Crippen LogP contribution >= 0.6 is 0 Å². The number of nitrogen functional groups attached to an aromatic ring is 1. The van der Waals surface area contributed by atoms with Gasteiger partial charge in [-0.15, -0.1) is 0 Å². The number of nitrogens with two attached hydrogens (primary N) is 1. The van der Waals surface area contributed by atoms with Gasteiger partial charge in [0, 0.05) is 16.9 Å². The Bertz CT molecular complexity index is 710. The first-order valence-corrected chi connectivity index (χ1v) is 6.95. The molecule has 1 heterocycles. The minimum absolute atomic E-state index is 0.0489. The van der Waals surface area contributed by atoms with Crippen LogP contribution in [0.5, 0.6) is 5.75 Å². The lowest BCUT2D eigenvalue weighted by molar-refractivity contribution is -0.117. The van der Waals surface area contributed by atoms with Crippen LogP contribution < -0.4 is 15.8 Å². The van der Waals surface area contributed by atoms with E-state index in [1.807, 2.05) is 50.2 Å². The second-order valence-corrected chi connectivity index (χ2v) is 5.41. The number of ether oxygens (including phenoxy) is 1. The van der Waals surface area contributed by atoms with Crippen molar-refractivity contribution < 1.29 is 9.53 Å². The van der Waals surface area contributed by atoms with E-state index in [-0.39, 0.29) is 11.8 Å². The molecule has 1 aliphatic heterocycles. The number of benzene rings is 2. The van der Waals surface area contributed by atoms with E-state index in [2.05, 4.69) is 5.32 Å². The Morgan fingerprint density at radius 3 is 2.81 bits per heavy atom. The maximum atomic E-state index is 12.5. The average molecular weight is 282 g/mol. The standard InChI is InChI=1S/C17H18N2O2/c1-10-8-15(11(2)7-14(10)18)19-17(20)13-9-21-16-6-4-3-5-12(13)16/h3-8,13H,9,18H2,1-2H3,(H,19,20). The second kappa shape index (κ2) is 5.13. The SMILES string of the molecule is Cc1cc(NC(=O)C2COc3ccccc32)c(C)cc1N. The molecular weight excluding hydrogens is 264 g/mol. The van der Waals surface area contributed by atoms with Gasteiger partial charge in [0.25, 0.3) is 0 Å². The van der Waals surface area contributed by atoms with Gasteiger partial charge in [-0.2, -0.15) is 0 Å². The predicted molar refractivity (Wildman–Crippen MR) is 83.6 cm³/mol. The molecule has 1 amide bonds. The van der Waals surface area contributed by atoms with Crippen LogP contribution in [0.1, 0.15) is 22.6 Å². The zero-order valence-corrected chi connectivity index (χ0v) is 12.1. The van der Waals surface area contributed by atoms with E-state index >= 15 is 0 Å². The fraction of sp³-hybridized carbons (Fsp3) is 0.235. The number of hydrogen-bond acceptors (Lipinski definition) is 3. The fourth-order valence-electron chi connectivity index (χ4n) is 2.57. The van der Waals surface area contributed by atoms with Crippen molar-refractivity contribution in [1.29, 1.82) is 0 Å². The molecule has 0 fully saturated rings. The first kappa shape index (κ1) is 13.5. The number of anilines is 2. The molecule has 108 valence electrons. The topological polar surface area (TPSA) is 64.3 Å². The number of rotatable bonds is 2. The zero-order valence-electron chi connectivity index (χ0n) is 12.1. The Morgan fingerprint density at radius 1 is 1.24 bits per heavy atom. The van der Waals surface area contributed by atoms with Crippen LogP contribution in [0.25, 0.3) is 0 Å². The number of carbonyl (C=O) groups excluding carboxylic acids is 1. The monoisotopic (exact) mass is 282 g/mol. The lowest BCUT2D eigenvalue weighted by Crippen LogP contribution is -2.22. The van der Waals surface area contributed by atoms with Gasteiger partial charge in [-0.3, -0.25) is 4.79 Å². The molecule has 2 aromatic carbocycles. The molecule has 0 radical (unpaired) electrons. The van der Waals surface area contributed by atoms with E-state index < -0.39 is 0 Å². The molecular formula is C17H18N2O2. The van der Waals surface area contributed by atoms with Crippen molar-refractivity contribution in [2.24, 2.45) is 0 Å². The summed E-state index contributed by atoms with van der Waals surface area (Å²) in [5, 5.41) is 2.99. The first-order chi connectivity index (χ1) is 10.1. The van der Waals surface area contributed by atoms with Crippen LogP contribution in [0.4, 0.5) is 11.4 Å². The van der Waals surface area contributed by atoms with Crippen LogP contribution in [0.2, 0.25) is 0 Å². The zero-order chi connectivity index (χ0) is 15.0. The van der Waals surface area contributed by atoms with E-state index in [9.17, 15) is 4.79 Å². The maximum absolute atomic E-state index is 12.5. The molecule has 0 bridgehead atoms. The third-order valence-electron chi connectivity index (χ3n) is 3.89. The number of carbonyl (C=O) groups is 1. The summed E-state index contributed by atoms with van der Waals surface area (Å²) in [4.78, 5) is 12.5. The molecule has 1 atom stereocenters. The minimum atomic E-state index is -0.265. The van der Waals surface area contributed by atoms with Gasteiger partial charge in [0.15, 0.2) is 0 Å². The van der Waals surface area contributed by atoms with Gasteiger partial charge in [-0.25, -0.2) is 0 Å². The van der Waals surface area contributed by atoms with Crippen LogP contribution in [0, 0.1) is 13.8 Å². The van der Waals surface area contributed by atoms with Crippen molar-refractivity contribution >= 4 is 17.3 Å². The Balaban J connectivity index is 1.84. The number of hydrogen-bond donors (Lipinski definition) is 2. The van der Waals surface area contributed by atoms with Crippen molar-refractivity contribution in [2.45, 2.75) is 19.8 Å². The van der Waals surface area contributed by atoms with Gasteiger partial charge < -0.3 is 15.8 Å². The minimum Gasteiger partial charge on any atom is -0.492 e. The van der Waals surface area contributed by atoms with Gasteiger partial charge in [0.1, 0.15) is 18.3 Å². The van der Waals surface area contributed by atoms with Crippen LogP contribution in [-0.2, 0) is 4.79 Å². The quantitative estimate of drug-likeness (QED) is 0.832. The molecule has 4 nitrogen and oxygen atoms in total. The molecule has 0 saturated carbocycles. The highest BCUT2D eigenvalue weighted by Gasteiger charge is 2.30. The van der Waals surface area contributed by atoms with Crippen molar-refractivity contribution in [3.63, 3.8) is 0 Å². The highest BCUT2D eigenvalue weighted by atomic mass is 16.5. The molecule has 3 N–H and O–H groups in total. The van der Waals surface area contributed by atoms with Gasteiger partial charge in [0.05, 0.1) is 0 Å². The van der Waals surface area contributed by atoms with Crippen molar-refractivity contribution in [2.75, 3.05) is 17.7 Å². The lowest BCUT2D eigenvalue weighted by atomic mass is 10.00. The molecule has 0 aromatic heterocycles. The van der Waals surface area contributed by atoms with Gasteiger partial charge in [-0.1, -0.05) is 18.2 Å². The molecule has 1 unspecified atom stereocenters. The van der Waals surface area contributed by atoms with E-state index in [0.29, 0.717) is 6.61 Å². The molecule has 1 aliphatic rings. The maximum Gasteiger partial charge on any atom is 0.235 e. The van der Waals surface area contributed by atoms with E-state index in [1.165, 1.54) is 0 Å². The number of para-hydroxylation sites is 1. The summed E-state index contributed by atoms with van der Waals surface area (Å²) >= 11 is 0. The Morgan fingerprint density at radius 2 is 2.00 bits per heavy atom. The van der Waals surface area contributed by atoms with Gasteiger partial charge >= 0.3 is 0 Å². The second-order valence-electron chi connectivity index (χ2n) is 5.41. The number of fused-ring (bicyclic) bond motifs is 1. The Hall–Kier alpha value is -2.49. The van der Waals surface area contributed by atoms with Crippen LogP contribution in [-0.4, -0.2) is 12.5 Å². The summed E-state index contributed by atoms with van der Waals surface area (Å²) < 4.78 is 5.56. The Kier molecular flexibility index (Phi) is 3.29. The van der Waals surface area contributed by atoms with Gasteiger partial charge in [-0.05, 0) is 43.2 Å². The number of nitrogens with one attached hydrogen (secondary N) is 1. The molecule has 0 saturated heterocycles. The summed E-state index contributed by atoms with van der Waals surface area (Å²) in [6.45, 7) is 4.25. The normalized spacial score (nSPS) is 16.2. The largest absolute Gasteiger partial charge is 0.492 e. The van der Waals surface area contributed by atoms with E-state index in [0.717, 1.165) is 33.8 Å². The molecule has 0 aliphatic carbocycles. The van der Waals surface area contributed by atoms with Crippen LogP contribution in [0.3, 0.4) is 0 Å². The molecule has 0 spiro atoms. The highest BCUT2D eigenvalue weighted by molar-refractivity contribution is 5.97. The van der Waals surface area contributed by atoms with Crippen molar-refractivity contribution in [3.8, 4) is 5.75 Å². The lowest BCUT2D eigenvalue weighted by Gasteiger charge is -2.14. The molecule has 3 rings (SSSR count). The smallest absolute Gasteiger partial charge is 0.235 e. The van der Waals surface area contributed by atoms with E-state index in [4.69, 9.17) is 10.5 Å². The third-order valence-corrected chi connectivity index (χ3v) is 3.89. The van der Waals surface area contributed by atoms with Crippen molar-refractivity contribution in [3.05, 3.63) is 53.1 Å². The first-order valence-electron chi connectivity index (χ1n) is 6.95. The van der Waals surface area contributed by atoms with Gasteiger partial charge in [0.2, 0.25) is 5.91 Å². The molecule has 21 heavy (non-hydrogen) atoms. The summed E-state index contributed by atoms with van der Waals surface area (Å²) in [5.41, 5.74) is 10.3. The summed E-state index contributed by atoms with van der Waals surface area (Å²) in [7, 11) is 0. The van der Waals surface area contributed by atoms with Crippen molar-refractivity contribution in [1.82, 2.24) is 0 Å². The van der Waals surface area contributed by atoms with Crippen LogP contribution in [0.15, 0.2) is 36.4 Å². The molecule has 2 aromatic rings.